The molecule has 1 N–H and O–H groups in total. The van der Waals surface area contributed by atoms with E-state index in [4.69, 9.17) is 14.0 Å². The lowest BCUT2D eigenvalue weighted by Crippen LogP contribution is -2.41. The predicted octanol–water partition coefficient (Wildman–Crippen LogP) is 2.05. The van der Waals surface area contributed by atoms with Crippen LogP contribution in [-0.2, 0) is 20.7 Å². The van der Waals surface area contributed by atoms with Crippen molar-refractivity contribution in [2.45, 2.75) is 45.5 Å². The van der Waals surface area contributed by atoms with Gasteiger partial charge in [0.2, 0.25) is 0 Å². The van der Waals surface area contributed by atoms with Crippen molar-refractivity contribution in [3.8, 4) is 0 Å². The molecule has 1 fully saturated rings. The van der Waals surface area contributed by atoms with Crippen LogP contribution in [0.1, 0.15) is 33.3 Å². The molecular formula is C14H18BNO4. The summed E-state index contributed by atoms with van der Waals surface area (Å²) in [4.78, 5) is 11.3. The van der Waals surface area contributed by atoms with Crippen LogP contribution < -0.4 is 10.8 Å². The number of cyclic esters (lactones) is 1. The fourth-order valence-electron chi connectivity index (χ4n) is 2.36. The van der Waals surface area contributed by atoms with Crippen LogP contribution >= 0.6 is 0 Å². The van der Waals surface area contributed by atoms with Crippen molar-refractivity contribution in [2.24, 2.45) is 0 Å². The highest BCUT2D eigenvalue weighted by Crippen LogP contribution is 2.37. The van der Waals surface area contributed by atoms with Gasteiger partial charge in [0.1, 0.15) is 6.61 Å². The first-order chi connectivity index (χ1) is 9.30. The second-order valence-corrected chi connectivity index (χ2v) is 6.16. The number of rotatable bonds is 1. The summed E-state index contributed by atoms with van der Waals surface area (Å²) in [7, 11) is -0.450. The maximum atomic E-state index is 11.3. The highest BCUT2D eigenvalue weighted by Gasteiger charge is 2.52. The van der Waals surface area contributed by atoms with E-state index in [2.05, 4.69) is 5.32 Å². The number of carbonyl (C=O) groups is 1. The highest BCUT2D eigenvalue weighted by molar-refractivity contribution is 6.62. The number of nitrogens with one attached hydrogen (secondary N) is 1. The van der Waals surface area contributed by atoms with Gasteiger partial charge >= 0.3 is 13.2 Å². The maximum absolute atomic E-state index is 11.3. The molecule has 2 aliphatic heterocycles. The van der Waals surface area contributed by atoms with Crippen LogP contribution in [0.5, 0.6) is 0 Å². The summed E-state index contributed by atoms with van der Waals surface area (Å²) in [6.07, 6.45) is -0.427. The van der Waals surface area contributed by atoms with E-state index in [1.54, 1.807) is 0 Å². The lowest BCUT2D eigenvalue weighted by Gasteiger charge is -2.32. The minimum absolute atomic E-state index is 0.238. The van der Waals surface area contributed by atoms with Crippen molar-refractivity contribution < 1.29 is 18.8 Å². The van der Waals surface area contributed by atoms with E-state index in [1.165, 1.54) is 0 Å². The van der Waals surface area contributed by atoms with Crippen LogP contribution in [0, 0.1) is 0 Å². The Kier molecular flexibility index (Phi) is 2.85. The number of anilines is 1. The summed E-state index contributed by atoms with van der Waals surface area (Å²) in [6, 6.07) is 5.68. The lowest BCUT2D eigenvalue weighted by atomic mass is 9.75. The summed E-state index contributed by atoms with van der Waals surface area (Å²) < 4.78 is 17.2. The Morgan fingerprint density at radius 2 is 1.80 bits per heavy atom. The Balaban J connectivity index is 1.97. The third-order valence-electron chi connectivity index (χ3n) is 4.30. The SMILES string of the molecule is CC1(C)OB(c2cccc3c2COC(=O)N3)OC1(C)C. The smallest absolute Gasteiger partial charge is 0.444 e. The molecule has 1 saturated heterocycles. The number of hydrogen-bond donors (Lipinski definition) is 1. The van der Waals surface area contributed by atoms with E-state index in [-0.39, 0.29) is 17.8 Å². The van der Waals surface area contributed by atoms with Crippen LogP contribution in [0.2, 0.25) is 0 Å². The molecule has 0 saturated carbocycles. The summed E-state index contributed by atoms with van der Waals surface area (Å²) in [5, 5.41) is 2.69. The molecule has 5 nitrogen and oxygen atoms in total. The second kappa shape index (κ2) is 4.23. The van der Waals surface area contributed by atoms with Gasteiger partial charge in [-0.15, -0.1) is 0 Å². The molecule has 106 valence electrons. The van der Waals surface area contributed by atoms with Crippen LogP contribution in [-0.4, -0.2) is 24.4 Å². The van der Waals surface area contributed by atoms with E-state index in [1.807, 2.05) is 45.9 Å². The first-order valence-electron chi connectivity index (χ1n) is 6.71. The quantitative estimate of drug-likeness (QED) is 0.797. The Morgan fingerprint density at radius 3 is 2.45 bits per heavy atom. The zero-order valence-electron chi connectivity index (χ0n) is 12.1. The number of carbonyl (C=O) groups excluding carboxylic acids is 1. The fraction of sp³-hybridized carbons (Fsp3) is 0.500. The van der Waals surface area contributed by atoms with E-state index in [9.17, 15) is 4.79 Å². The van der Waals surface area contributed by atoms with Gasteiger partial charge in [-0.1, -0.05) is 12.1 Å². The van der Waals surface area contributed by atoms with Crippen LogP contribution in [0.15, 0.2) is 18.2 Å². The Bertz CT molecular complexity index is 554. The van der Waals surface area contributed by atoms with Gasteiger partial charge in [0, 0.05) is 5.56 Å². The lowest BCUT2D eigenvalue weighted by molar-refractivity contribution is 0.00578. The molecule has 0 bridgehead atoms. The van der Waals surface area contributed by atoms with Gasteiger partial charge in [0.05, 0.1) is 16.9 Å². The van der Waals surface area contributed by atoms with E-state index in [0.29, 0.717) is 0 Å². The van der Waals surface area contributed by atoms with E-state index >= 15 is 0 Å². The van der Waals surface area contributed by atoms with Gasteiger partial charge in [0.25, 0.3) is 0 Å². The molecule has 0 atom stereocenters. The number of ether oxygens (including phenoxy) is 1. The highest BCUT2D eigenvalue weighted by atomic mass is 16.7. The molecule has 2 heterocycles. The molecule has 1 amide bonds. The Labute approximate surface area is 118 Å². The first kappa shape index (κ1) is 13.5. The number of fused-ring (bicyclic) bond motifs is 1. The van der Waals surface area contributed by atoms with Crippen LogP contribution in [0.4, 0.5) is 10.5 Å². The molecular weight excluding hydrogens is 257 g/mol. The van der Waals surface area contributed by atoms with Crippen molar-refractivity contribution >= 4 is 24.4 Å². The fourth-order valence-corrected chi connectivity index (χ4v) is 2.36. The van der Waals surface area contributed by atoms with Gasteiger partial charge in [-0.3, -0.25) is 5.32 Å². The van der Waals surface area contributed by atoms with Gasteiger partial charge in [-0.2, -0.15) is 0 Å². The van der Waals surface area contributed by atoms with Gasteiger partial charge in [-0.25, -0.2) is 4.79 Å². The molecule has 6 heteroatoms. The molecule has 20 heavy (non-hydrogen) atoms. The normalized spacial score (nSPS) is 23.0. The third kappa shape index (κ3) is 1.99. The Hall–Kier alpha value is -1.53. The molecule has 1 aromatic rings. The number of amides is 1. The second-order valence-electron chi connectivity index (χ2n) is 6.16. The number of hydrogen-bond acceptors (Lipinski definition) is 4. The maximum Gasteiger partial charge on any atom is 0.495 e. The topological polar surface area (TPSA) is 56.8 Å². The van der Waals surface area contributed by atoms with Crippen molar-refractivity contribution in [1.29, 1.82) is 0 Å². The molecule has 0 radical (unpaired) electrons. The molecule has 1 aromatic carbocycles. The first-order valence-corrected chi connectivity index (χ1v) is 6.71. The minimum atomic E-state index is -0.450. The van der Waals surface area contributed by atoms with Gasteiger partial charge in [-0.05, 0) is 39.2 Å². The standard InChI is InChI=1S/C14H18BNO4/c1-13(2)14(3,4)20-15(19-13)10-6-5-7-11-9(10)8-18-12(17)16-11/h5-7H,8H2,1-4H3,(H,16,17). The summed E-state index contributed by atoms with van der Waals surface area (Å²) in [5.41, 5.74) is 1.79. The van der Waals surface area contributed by atoms with Crippen molar-refractivity contribution in [1.82, 2.24) is 0 Å². The van der Waals surface area contributed by atoms with Crippen molar-refractivity contribution in [3.63, 3.8) is 0 Å². The molecule has 0 spiro atoms. The van der Waals surface area contributed by atoms with Gasteiger partial charge < -0.3 is 14.0 Å². The van der Waals surface area contributed by atoms with Crippen molar-refractivity contribution in [3.05, 3.63) is 23.8 Å². The third-order valence-corrected chi connectivity index (χ3v) is 4.30. The van der Waals surface area contributed by atoms with Crippen LogP contribution in [0.25, 0.3) is 0 Å². The monoisotopic (exact) mass is 275 g/mol. The molecule has 0 unspecified atom stereocenters. The molecule has 0 aliphatic carbocycles. The average Bonchev–Trinajstić information content (AvgIpc) is 2.57. The Morgan fingerprint density at radius 1 is 1.15 bits per heavy atom. The zero-order valence-corrected chi connectivity index (χ0v) is 12.1. The molecule has 0 aromatic heterocycles. The zero-order chi connectivity index (χ0) is 14.5. The largest absolute Gasteiger partial charge is 0.495 e. The summed E-state index contributed by atoms with van der Waals surface area (Å²) in [5.74, 6) is 0. The molecule has 2 aliphatic rings. The van der Waals surface area contributed by atoms with Crippen molar-refractivity contribution in [2.75, 3.05) is 5.32 Å². The average molecular weight is 275 g/mol. The minimum Gasteiger partial charge on any atom is -0.444 e. The van der Waals surface area contributed by atoms with E-state index < -0.39 is 13.2 Å². The summed E-state index contributed by atoms with van der Waals surface area (Å²) in [6.45, 7) is 8.30. The number of benzene rings is 1. The molecule has 3 rings (SSSR count). The van der Waals surface area contributed by atoms with Gasteiger partial charge in [0.15, 0.2) is 0 Å². The van der Waals surface area contributed by atoms with E-state index in [0.717, 1.165) is 16.7 Å². The van der Waals surface area contributed by atoms with Crippen LogP contribution in [0.3, 0.4) is 0 Å². The summed E-state index contributed by atoms with van der Waals surface area (Å²) >= 11 is 0. The predicted molar refractivity (Wildman–Crippen MR) is 76.0 cm³/mol.